The van der Waals surface area contributed by atoms with Gasteiger partial charge in [0.05, 0.1) is 6.04 Å². The summed E-state index contributed by atoms with van der Waals surface area (Å²) in [6.45, 7) is 1.44. The molecule has 1 aliphatic heterocycles. The summed E-state index contributed by atoms with van der Waals surface area (Å²) >= 11 is 12.9. The highest BCUT2D eigenvalue weighted by atomic mass is 35.5. The number of hydrogen-bond acceptors (Lipinski definition) is 2. The fourth-order valence-electron chi connectivity index (χ4n) is 3.42. The van der Waals surface area contributed by atoms with E-state index in [-0.39, 0.29) is 6.04 Å². The summed E-state index contributed by atoms with van der Waals surface area (Å²) in [5.41, 5.74) is 4.58. The molecule has 1 heterocycles. The molecule has 1 aliphatic rings. The Balaban J connectivity index is 1.60. The van der Waals surface area contributed by atoms with Gasteiger partial charge in [0.25, 0.3) is 0 Å². The van der Waals surface area contributed by atoms with Gasteiger partial charge in [0.2, 0.25) is 0 Å². The second-order valence-corrected chi connectivity index (χ2v) is 7.22. The van der Waals surface area contributed by atoms with Gasteiger partial charge in [-0.3, -0.25) is 0 Å². The highest BCUT2D eigenvalue weighted by molar-refractivity contribution is 6.36. The molecule has 3 aromatic carbocycles. The monoisotopic (exact) mass is 383 g/mol. The average molecular weight is 384 g/mol. The summed E-state index contributed by atoms with van der Waals surface area (Å²) in [5, 5.41) is 4.92. The molecule has 0 amide bonds. The van der Waals surface area contributed by atoms with Crippen molar-refractivity contribution in [3.63, 3.8) is 0 Å². The zero-order chi connectivity index (χ0) is 17.9. The molecular formula is C22H19Cl2NO. The van der Waals surface area contributed by atoms with E-state index in [1.807, 2.05) is 42.5 Å². The molecule has 1 unspecified atom stereocenters. The number of halogens is 2. The van der Waals surface area contributed by atoms with Gasteiger partial charge in [-0.1, -0.05) is 65.7 Å². The van der Waals surface area contributed by atoms with Crippen molar-refractivity contribution in [2.75, 3.05) is 6.54 Å². The van der Waals surface area contributed by atoms with E-state index in [0.29, 0.717) is 16.7 Å². The second kappa shape index (κ2) is 7.71. The van der Waals surface area contributed by atoms with E-state index < -0.39 is 0 Å². The molecule has 26 heavy (non-hydrogen) atoms. The van der Waals surface area contributed by atoms with E-state index in [4.69, 9.17) is 27.9 Å². The van der Waals surface area contributed by atoms with Crippen molar-refractivity contribution in [2.45, 2.75) is 19.1 Å². The van der Waals surface area contributed by atoms with E-state index in [1.54, 1.807) is 0 Å². The first-order chi connectivity index (χ1) is 12.7. The molecule has 0 fully saturated rings. The maximum absolute atomic E-state index is 6.43. The minimum Gasteiger partial charge on any atom is -0.489 e. The number of fused-ring (bicyclic) bond motifs is 1. The molecule has 0 radical (unpaired) electrons. The van der Waals surface area contributed by atoms with Crippen LogP contribution in [0.1, 0.15) is 28.3 Å². The molecule has 0 saturated carbocycles. The fourth-order valence-corrected chi connectivity index (χ4v) is 4.03. The van der Waals surface area contributed by atoms with Crippen LogP contribution in [-0.2, 0) is 13.0 Å². The first-order valence-electron chi connectivity index (χ1n) is 8.69. The first-order valence-corrected chi connectivity index (χ1v) is 9.45. The Labute approximate surface area is 163 Å². The SMILES string of the molecule is Clc1cccc(Cl)c1C1NCCc2cc(OCc3ccccc3)ccc21. The van der Waals surface area contributed by atoms with Gasteiger partial charge in [-0.2, -0.15) is 0 Å². The number of hydrogen-bond donors (Lipinski definition) is 1. The summed E-state index contributed by atoms with van der Waals surface area (Å²) < 4.78 is 5.97. The standard InChI is InChI=1S/C22H19Cl2NO/c23-19-7-4-8-20(24)21(19)22-18-10-9-17(13-16(18)11-12-25-22)26-14-15-5-2-1-3-6-15/h1-10,13,22,25H,11-12,14H2. The molecule has 2 nitrogen and oxygen atoms in total. The lowest BCUT2D eigenvalue weighted by molar-refractivity contribution is 0.305. The minimum atomic E-state index is 0.00289. The molecule has 4 heteroatoms. The number of nitrogens with one attached hydrogen (secondary N) is 1. The van der Waals surface area contributed by atoms with Gasteiger partial charge < -0.3 is 10.1 Å². The van der Waals surface area contributed by atoms with Crippen molar-refractivity contribution < 1.29 is 4.74 Å². The molecule has 132 valence electrons. The van der Waals surface area contributed by atoms with E-state index in [1.165, 1.54) is 11.1 Å². The lowest BCUT2D eigenvalue weighted by Gasteiger charge is -2.29. The van der Waals surface area contributed by atoms with Crippen LogP contribution in [0.3, 0.4) is 0 Å². The molecule has 0 spiro atoms. The van der Waals surface area contributed by atoms with Gasteiger partial charge in [-0.15, -0.1) is 0 Å². The summed E-state index contributed by atoms with van der Waals surface area (Å²) in [7, 11) is 0. The Morgan fingerprint density at radius 1 is 0.923 bits per heavy atom. The molecule has 0 aromatic heterocycles. The summed E-state index contributed by atoms with van der Waals surface area (Å²) in [6.07, 6.45) is 0.955. The maximum atomic E-state index is 6.43. The summed E-state index contributed by atoms with van der Waals surface area (Å²) in [4.78, 5) is 0. The van der Waals surface area contributed by atoms with Gasteiger partial charge in [0, 0.05) is 22.2 Å². The van der Waals surface area contributed by atoms with Crippen LogP contribution in [0.25, 0.3) is 0 Å². The molecular weight excluding hydrogens is 365 g/mol. The number of benzene rings is 3. The Morgan fingerprint density at radius 3 is 2.46 bits per heavy atom. The Hall–Kier alpha value is -2.00. The highest BCUT2D eigenvalue weighted by Gasteiger charge is 2.25. The Kier molecular flexibility index (Phi) is 5.16. The van der Waals surface area contributed by atoms with Crippen LogP contribution >= 0.6 is 23.2 Å². The lowest BCUT2D eigenvalue weighted by Crippen LogP contribution is -2.31. The van der Waals surface area contributed by atoms with Crippen LogP contribution in [0.5, 0.6) is 5.75 Å². The van der Waals surface area contributed by atoms with Gasteiger partial charge in [-0.05, 0) is 47.4 Å². The molecule has 1 atom stereocenters. The predicted molar refractivity (Wildman–Crippen MR) is 107 cm³/mol. The third kappa shape index (κ3) is 3.59. The van der Waals surface area contributed by atoms with Crippen molar-refractivity contribution in [3.05, 3.63) is 99.0 Å². The predicted octanol–water partition coefficient (Wildman–Crippen LogP) is 5.81. The second-order valence-electron chi connectivity index (χ2n) is 6.41. The Morgan fingerprint density at radius 2 is 1.69 bits per heavy atom. The average Bonchev–Trinajstić information content (AvgIpc) is 2.67. The largest absolute Gasteiger partial charge is 0.489 e. The fraction of sp³-hybridized carbons (Fsp3) is 0.182. The molecule has 0 saturated heterocycles. The maximum Gasteiger partial charge on any atom is 0.120 e. The molecule has 4 rings (SSSR count). The quantitative estimate of drug-likeness (QED) is 0.613. The molecule has 3 aromatic rings. The zero-order valence-corrected chi connectivity index (χ0v) is 15.7. The molecule has 0 aliphatic carbocycles. The van der Waals surface area contributed by atoms with Gasteiger partial charge in [-0.25, -0.2) is 0 Å². The third-order valence-electron chi connectivity index (χ3n) is 4.70. The third-order valence-corrected chi connectivity index (χ3v) is 5.36. The van der Waals surface area contributed by atoms with E-state index in [9.17, 15) is 0 Å². The van der Waals surface area contributed by atoms with Crippen LogP contribution in [0.15, 0.2) is 66.7 Å². The van der Waals surface area contributed by atoms with Crippen molar-refractivity contribution >= 4 is 23.2 Å². The van der Waals surface area contributed by atoms with Crippen LogP contribution < -0.4 is 10.1 Å². The molecule has 1 N–H and O–H groups in total. The number of ether oxygens (including phenoxy) is 1. The van der Waals surface area contributed by atoms with Crippen LogP contribution in [0.4, 0.5) is 0 Å². The van der Waals surface area contributed by atoms with Crippen molar-refractivity contribution in [1.29, 1.82) is 0 Å². The van der Waals surface area contributed by atoms with Crippen LogP contribution in [0, 0.1) is 0 Å². The first kappa shape index (κ1) is 17.4. The lowest BCUT2D eigenvalue weighted by atomic mass is 9.89. The van der Waals surface area contributed by atoms with Crippen molar-refractivity contribution in [2.24, 2.45) is 0 Å². The van der Waals surface area contributed by atoms with Crippen molar-refractivity contribution in [3.8, 4) is 5.75 Å². The molecule has 0 bridgehead atoms. The van der Waals surface area contributed by atoms with Gasteiger partial charge in [0.15, 0.2) is 0 Å². The normalized spacial score (nSPS) is 16.2. The Bertz CT molecular complexity index is 891. The van der Waals surface area contributed by atoms with E-state index in [0.717, 1.165) is 29.8 Å². The van der Waals surface area contributed by atoms with E-state index in [2.05, 4.69) is 29.6 Å². The summed E-state index contributed by atoms with van der Waals surface area (Å²) in [5.74, 6) is 0.888. The van der Waals surface area contributed by atoms with Crippen LogP contribution in [-0.4, -0.2) is 6.54 Å². The topological polar surface area (TPSA) is 21.3 Å². The van der Waals surface area contributed by atoms with Gasteiger partial charge in [0.1, 0.15) is 12.4 Å². The van der Waals surface area contributed by atoms with Crippen LogP contribution in [0.2, 0.25) is 10.0 Å². The number of rotatable bonds is 4. The summed E-state index contributed by atoms with van der Waals surface area (Å²) in [6, 6.07) is 22.1. The smallest absolute Gasteiger partial charge is 0.120 e. The highest BCUT2D eigenvalue weighted by Crippen LogP contribution is 2.38. The minimum absolute atomic E-state index is 0.00289. The van der Waals surface area contributed by atoms with E-state index >= 15 is 0 Å². The van der Waals surface area contributed by atoms with Gasteiger partial charge >= 0.3 is 0 Å². The van der Waals surface area contributed by atoms with Crippen molar-refractivity contribution in [1.82, 2.24) is 5.32 Å². The zero-order valence-electron chi connectivity index (χ0n) is 14.2.